The van der Waals surface area contributed by atoms with Crippen molar-refractivity contribution < 1.29 is 18.9 Å². The zero-order valence-corrected chi connectivity index (χ0v) is 22.2. The summed E-state index contributed by atoms with van der Waals surface area (Å²) in [4.78, 5) is 18.6. The number of phosphoric ester groups is 1. The fourth-order valence-corrected chi connectivity index (χ4v) is 10.1. The van der Waals surface area contributed by atoms with Gasteiger partial charge in [-0.1, -0.05) is 53.9 Å². The van der Waals surface area contributed by atoms with Gasteiger partial charge in [-0.3, -0.25) is 4.52 Å². The van der Waals surface area contributed by atoms with Gasteiger partial charge in [-0.25, -0.2) is 4.57 Å². The summed E-state index contributed by atoms with van der Waals surface area (Å²) in [6.07, 6.45) is 14.8. The molecular weight excluding hydrogens is 419 g/mol. The Balaban J connectivity index is 1.43. The van der Waals surface area contributed by atoms with Gasteiger partial charge in [0.15, 0.2) is 0 Å². The van der Waals surface area contributed by atoms with E-state index in [9.17, 15) is 14.4 Å². The van der Waals surface area contributed by atoms with Crippen LogP contribution >= 0.6 is 7.82 Å². The van der Waals surface area contributed by atoms with Crippen LogP contribution in [-0.2, 0) is 9.09 Å². The van der Waals surface area contributed by atoms with Crippen LogP contribution in [0.15, 0.2) is 0 Å². The summed E-state index contributed by atoms with van der Waals surface area (Å²) >= 11 is 0. The highest BCUT2D eigenvalue weighted by Gasteiger charge is 2.60. The second-order valence-electron chi connectivity index (χ2n) is 13.2. The maximum absolute atomic E-state index is 11.4. The quantitative estimate of drug-likeness (QED) is 0.378. The van der Waals surface area contributed by atoms with E-state index in [1.54, 1.807) is 0 Å². The number of hydrogen-bond acceptors (Lipinski definition) is 2. The lowest BCUT2D eigenvalue weighted by Crippen LogP contribution is -2.54. The summed E-state index contributed by atoms with van der Waals surface area (Å²) in [6.45, 7) is 12.4. The van der Waals surface area contributed by atoms with Crippen LogP contribution in [-0.4, -0.2) is 15.9 Å². The second-order valence-corrected chi connectivity index (χ2v) is 14.4. The van der Waals surface area contributed by atoms with Crippen molar-refractivity contribution in [3.05, 3.63) is 0 Å². The minimum atomic E-state index is -4.39. The molecule has 0 amide bonds. The first-order chi connectivity index (χ1) is 14.9. The first kappa shape index (κ1) is 25.2. The molecule has 4 fully saturated rings. The van der Waals surface area contributed by atoms with Gasteiger partial charge >= 0.3 is 7.82 Å². The lowest BCUT2D eigenvalue weighted by molar-refractivity contribution is -0.128. The van der Waals surface area contributed by atoms with Gasteiger partial charge in [-0.05, 0) is 110 Å². The molecule has 0 saturated heterocycles. The molecule has 0 aromatic carbocycles. The van der Waals surface area contributed by atoms with E-state index in [0.29, 0.717) is 16.7 Å². The molecule has 4 nitrogen and oxygen atoms in total. The van der Waals surface area contributed by atoms with Gasteiger partial charge in [0.1, 0.15) is 0 Å². The Morgan fingerprint density at radius 3 is 2.28 bits per heavy atom. The van der Waals surface area contributed by atoms with Gasteiger partial charge in [0, 0.05) is 0 Å². The van der Waals surface area contributed by atoms with Crippen molar-refractivity contribution in [1.29, 1.82) is 0 Å². The van der Waals surface area contributed by atoms with Gasteiger partial charge in [0.25, 0.3) is 0 Å². The summed E-state index contributed by atoms with van der Waals surface area (Å²) in [7, 11) is -4.39. The highest BCUT2D eigenvalue weighted by Crippen LogP contribution is 2.68. The Morgan fingerprint density at radius 1 is 0.906 bits per heavy atom. The Morgan fingerprint density at radius 2 is 1.59 bits per heavy atom. The SMILES string of the molecule is CC(C)CCC[C@@H](C)[C@H]1CC[C@H]2[C@@H]3CCC4CC(OP(=O)(O)O)CC[C@]4(C)[C@H]3CC[C@]12C. The number of fused-ring (bicyclic) bond motifs is 5. The molecule has 0 bridgehead atoms. The van der Waals surface area contributed by atoms with Crippen molar-refractivity contribution in [2.24, 2.45) is 52.3 Å². The predicted octanol–water partition coefficient (Wildman–Crippen LogP) is 7.59. The van der Waals surface area contributed by atoms with E-state index < -0.39 is 7.82 Å². The van der Waals surface area contributed by atoms with Crippen molar-refractivity contribution >= 4 is 7.82 Å². The van der Waals surface area contributed by atoms with Crippen LogP contribution in [0, 0.1) is 52.3 Å². The Bertz CT molecular complexity index is 704. The van der Waals surface area contributed by atoms with E-state index in [1.165, 1.54) is 57.8 Å². The molecular formula is C27H49O4P. The van der Waals surface area contributed by atoms with E-state index in [4.69, 9.17) is 4.52 Å². The molecule has 4 aliphatic rings. The Kier molecular flexibility index (Phi) is 7.32. The third-order valence-corrected chi connectivity index (χ3v) is 11.7. The minimum absolute atomic E-state index is 0.262. The fourth-order valence-electron chi connectivity index (χ4n) is 9.53. The normalized spacial score (nSPS) is 45.2. The summed E-state index contributed by atoms with van der Waals surface area (Å²) < 4.78 is 16.5. The van der Waals surface area contributed by atoms with Crippen LogP contribution in [0.1, 0.15) is 112 Å². The molecule has 4 saturated carbocycles. The van der Waals surface area contributed by atoms with Crippen LogP contribution in [0.2, 0.25) is 0 Å². The second kappa shape index (κ2) is 9.29. The molecule has 5 heteroatoms. The van der Waals surface area contributed by atoms with Crippen molar-refractivity contribution in [3.63, 3.8) is 0 Å². The maximum Gasteiger partial charge on any atom is 0.469 e. The van der Waals surface area contributed by atoms with E-state index >= 15 is 0 Å². The Hall–Kier alpha value is 0.110. The van der Waals surface area contributed by atoms with Crippen LogP contribution in [0.3, 0.4) is 0 Å². The molecule has 0 aromatic heterocycles. The monoisotopic (exact) mass is 468 g/mol. The van der Waals surface area contributed by atoms with Crippen molar-refractivity contribution in [2.45, 2.75) is 118 Å². The molecule has 2 unspecified atom stereocenters. The zero-order valence-electron chi connectivity index (χ0n) is 21.3. The third kappa shape index (κ3) is 4.77. The topological polar surface area (TPSA) is 66.8 Å². The molecule has 0 aromatic rings. The largest absolute Gasteiger partial charge is 0.469 e. The smallest absolute Gasteiger partial charge is 0.303 e. The molecule has 4 aliphatic carbocycles. The first-order valence-corrected chi connectivity index (χ1v) is 15.2. The van der Waals surface area contributed by atoms with E-state index in [1.807, 2.05) is 0 Å². The average Bonchev–Trinajstić information content (AvgIpc) is 3.04. The summed E-state index contributed by atoms with van der Waals surface area (Å²) in [5.74, 6) is 5.69. The first-order valence-electron chi connectivity index (χ1n) is 13.7. The molecule has 0 radical (unpaired) electrons. The van der Waals surface area contributed by atoms with Gasteiger partial charge in [0.2, 0.25) is 0 Å². The highest BCUT2D eigenvalue weighted by atomic mass is 31.2. The van der Waals surface area contributed by atoms with Gasteiger partial charge < -0.3 is 9.79 Å². The average molecular weight is 469 g/mol. The van der Waals surface area contributed by atoms with E-state index in [2.05, 4.69) is 34.6 Å². The molecule has 4 rings (SSSR count). The number of phosphoric acid groups is 1. The minimum Gasteiger partial charge on any atom is -0.303 e. The maximum atomic E-state index is 11.4. The van der Waals surface area contributed by atoms with Crippen LogP contribution < -0.4 is 0 Å². The summed E-state index contributed by atoms with van der Waals surface area (Å²) in [6, 6.07) is 0. The van der Waals surface area contributed by atoms with Crippen LogP contribution in [0.4, 0.5) is 0 Å². The predicted molar refractivity (Wildman–Crippen MR) is 130 cm³/mol. The summed E-state index contributed by atoms with van der Waals surface area (Å²) in [5.41, 5.74) is 0.863. The van der Waals surface area contributed by atoms with Gasteiger partial charge in [-0.2, -0.15) is 0 Å². The lowest BCUT2D eigenvalue weighted by atomic mass is 9.44. The number of hydrogen-bond donors (Lipinski definition) is 2. The Labute approximate surface area is 196 Å². The van der Waals surface area contributed by atoms with Crippen molar-refractivity contribution in [3.8, 4) is 0 Å². The molecule has 32 heavy (non-hydrogen) atoms. The summed E-state index contributed by atoms with van der Waals surface area (Å²) in [5, 5.41) is 0. The van der Waals surface area contributed by atoms with Crippen LogP contribution in [0.25, 0.3) is 0 Å². The molecule has 0 aliphatic heterocycles. The fraction of sp³-hybridized carbons (Fsp3) is 1.00. The van der Waals surface area contributed by atoms with E-state index in [0.717, 1.165) is 54.8 Å². The molecule has 0 heterocycles. The zero-order chi connectivity index (χ0) is 23.3. The van der Waals surface area contributed by atoms with E-state index in [-0.39, 0.29) is 6.10 Å². The molecule has 186 valence electrons. The number of rotatable bonds is 7. The van der Waals surface area contributed by atoms with Crippen molar-refractivity contribution in [1.82, 2.24) is 0 Å². The highest BCUT2D eigenvalue weighted by molar-refractivity contribution is 7.46. The molecule has 2 N–H and O–H groups in total. The molecule has 0 spiro atoms. The van der Waals surface area contributed by atoms with Crippen LogP contribution in [0.5, 0.6) is 0 Å². The standard InChI is InChI=1S/C27H49O4P/c1-18(2)7-6-8-19(3)23-11-12-24-22-10-9-20-17-21(31-32(28,29)30)13-15-26(20,4)25(22)14-16-27(23,24)5/h18-25H,6-17H2,1-5H3,(H2,28,29,30)/t19-,20?,21?,22+,23-,24+,25+,26+,27-/m1/s1. The van der Waals surface area contributed by atoms with Crippen molar-refractivity contribution in [2.75, 3.05) is 0 Å². The van der Waals surface area contributed by atoms with Gasteiger partial charge in [0.05, 0.1) is 6.10 Å². The van der Waals surface area contributed by atoms with Gasteiger partial charge in [-0.15, -0.1) is 0 Å². The lowest BCUT2D eigenvalue weighted by Gasteiger charge is -2.61. The molecule has 9 atom stereocenters. The third-order valence-electron chi connectivity index (χ3n) is 11.1.